The van der Waals surface area contributed by atoms with Crippen molar-refractivity contribution in [2.24, 2.45) is 11.3 Å². The van der Waals surface area contributed by atoms with Gasteiger partial charge in [0.25, 0.3) is 5.91 Å². The number of aromatic nitrogens is 1. The van der Waals surface area contributed by atoms with Gasteiger partial charge in [0.15, 0.2) is 6.39 Å². The number of likely N-dealkylation sites (tertiary alicyclic amines) is 1. The molecule has 2 saturated heterocycles. The third kappa shape index (κ3) is 4.60. The minimum atomic E-state index is -0.0826. The number of rotatable bonds is 5. The molecule has 3 heterocycles. The van der Waals surface area contributed by atoms with Gasteiger partial charge in [0, 0.05) is 51.7 Å². The first-order valence-corrected chi connectivity index (χ1v) is 12.0. The van der Waals surface area contributed by atoms with E-state index in [0.717, 1.165) is 52.0 Å². The molecule has 1 unspecified atom stereocenters. The third-order valence-corrected chi connectivity index (χ3v) is 7.63. The minimum Gasteiger partial charge on any atom is -0.438 e. The van der Waals surface area contributed by atoms with E-state index in [2.05, 4.69) is 39.1 Å². The van der Waals surface area contributed by atoms with Crippen molar-refractivity contribution in [2.45, 2.75) is 26.2 Å². The number of nitrogens with zero attached hydrogens (tertiary/aromatic N) is 4. The lowest BCUT2D eigenvalue weighted by Crippen LogP contribution is -2.49. The monoisotopic (exact) mass is 448 g/mol. The summed E-state index contributed by atoms with van der Waals surface area (Å²) in [6, 6.07) is 10.3. The molecule has 5 rings (SSSR count). The maximum atomic E-state index is 13.2. The SMILES string of the molecule is Cc1ncoc1C(=O)N1CCC2(CC1)CC2C(=O)N1CCN(CC=Cc2ccccc2)CC1. The third-order valence-electron chi connectivity index (χ3n) is 7.63. The molecule has 33 heavy (non-hydrogen) atoms. The fourth-order valence-electron chi connectivity index (χ4n) is 5.33. The number of oxazole rings is 1. The topological polar surface area (TPSA) is 69.9 Å². The zero-order valence-electron chi connectivity index (χ0n) is 19.3. The van der Waals surface area contributed by atoms with Crippen molar-refractivity contribution in [1.29, 1.82) is 0 Å². The lowest BCUT2D eigenvalue weighted by atomic mass is 9.90. The normalized spacial score (nSPS) is 22.8. The molecule has 7 nitrogen and oxygen atoms in total. The van der Waals surface area contributed by atoms with Gasteiger partial charge in [0.05, 0.1) is 5.69 Å². The van der Waals surface area contributed by atoms with Crippen LogP contribution in [0.5, 0.6) is 0 Å². The molecule has 1 aromatic carbocycles. The van der Waals surface area contributed by atoms with Crippen molar-refractivity contribution in [3.05, 3.63) is 59.8 Å². The van der Waals surface area contributed by atoms with Gasteiger partial charge in [-0.1, -0.05) is 42.5 Å². The molecule has 3 fully saturated rings. The van der Waals surface area contributed by atoms with Crippen LogP contribution in [-0.4, -0.2) is 77.3 Å². The number of hydrogen-bond donors (Lipinski definition) is 0. The maximum absolute atomic E-state index is 13.2. The molecule has 1 aliphatic carbocycles. The van der Waals surface area contributed by atoms with Gasteiger partial charge < -0.3 is 14.2 Å². The minimum absolute atomic E-state index is 0.0826. The van der Waals surface area contributed by atoms with Crippen LogP contribution in [0.15, 0.2) is 47.2 Å². The molecule has 3 aliphatic rings. The Kier molecular flexibility index (Phi) is 6.06. The van der Waals surface area contributed by atoms with Crippen molar-refractivity contribution in [2.75, 3.05) is 45.8 Å². The van der Waals surface area contributed by atoms with Crippen molar-refractivity contribution in [3.63, 3.8) is 0 Å². The largest absolute Gasteiger partial charge is 0.438 e. The van der Waals surface area contributed by atoms with Gasteiger partial charge in [0.1, 0.15) is 0 Å². The van der Waals surface area contributed by atoms with Crippen LogP contribution in [-0.2, 0) is 4.79 Å². The van der Waals surface area contributed by atoms with E-state index in [0.29, 0.717) is 30.5 Å². The van der Waals surface area contributed by atoms with Crippen LogP contribution in [0.1, 0.15) is 41.1 Å². The number of piperazine rings is 1. The number of amides is 2. The Morgan fingerprint density at radius 2 is 1.79 bits per heavy atom. The summed E-state index contributed by atoms with van der Waals surface area (Å²) in [4.78, 5) is 36.2. The summed E-state index contributed by atoms with van der Waals surface area (Å²) in [5.74, 6) is 0.707. The molecule has 0 N–H and O–H groups in total. The van der Waals surface area contributed by atoms with Crippen molar-refractivity contribution in [1.82, 2.24) is 19.7 Å². The Hall–Kier alpha value is -2.93. The summed E-state index contributed by atoms with van der Waals surface area (Å²) in [6.07, 6.45) is 8.45. The highest BCUT2D eigenvalue weighted by atomic mass is 16.3. The predicted molar refractivity (Wildman–Crippen MR) is 125 cm³/mol. The van der Waals surface area contributed by atoms with Crippen molar-refractivity contribution < 1.29 is 14.0 Å². The van der Waals surface area contributed by atoms with Gasteiger partial charge in [-0.15, -0.1) is 0 Å². The first kappa shape index (κ1) is 21.9. The Bertz CT molecular complexity index is 1020. The standard InChI is InChI=1S/C26H32N4O3/c1-20-23(33-19-27-20)25(32)29-12-9-26(10-13-29)18-22(26)24(31)30-16-14-28(15-17-30)11-5-8-21-6-3-2-4-7-21/h2-8,19,22H,9-18H2,1H3. The molecule has 174 valence electrons. The van der Waals surface area contributed by atoms with E-state index in [4.69, 9.17) is 4.42 Å². The van der Waals surface area contributed by atoms with Crippen LogP contribution in [0.4, 0.5) is 0 Å². The zero-order valence-corrected chi connectivity index (χ0v) is 19.3. The molecule has 1 aromatic heterocycles. The quantitative estimate of drug-likeness (QED) is 0.703. The number of hydrogen-bond acceptors (Lipinski definition) is 5. The second-order valence-corrected chi connectivity index (χ2v) is 9.62. The van der Waals surface area contributed by atoms with Gasteiger partial charge in [0.2, 0.25) is 11.7 Å². The zero-order chi connectivity index (χ0) is 22.8. The van der Waals surface area contributed by atoms with Gasteiger partial charge in [-0.25, -0.2) is 4.98 Å². The van der Waals surface area contributed by atoms with Gasteiger partial charge >= 0.3 is 0 Å². The van der Waals surface area contributed by atoms with Crippen LogP contribution in [0, 0.1) is 18.3 Å². The molecule has 0 bridgehead atoms. The summed E-state index contributed by atoms with van der Waals surface area (Å²) < 4.78 is 5.27. The van der Waals surface area contributed by atoms with Crippen LogP contribution >= 0.6 is 0 Å². The number of benzene rings is 1. The molecule has 2 amide bonds. The first-order chi connectivity index (χ1) is 16.1. The molecule has 1 atom stereocenters. The van der Waals surface area contributed by atoms with Gasteiger partial charge in [-0.2, -0.15) is 0 Å². The van der Waals surface area contributed by atoms with E-state index >= 15 is 0 Å². The first-order valence-electron chi connectivity index (χ1n) is 12.0. The van der Waals surface area contributed by atoms with E-state index in [-0.39, 0.29) is 17.2 Å². The summed E-state index contributed by atoms with van der Waals surface area (Å²) in [6.45, 7) is 7.53. The Morgan fingerprint density at radius 3 is 2.45 bits per heavy atom. The highest BCUT2D eigenvalue weighted by Crippen LogP contribution is 2.60. The Morgan fingerprint density at radius 1 is 1.06 bits per heavy atom. The molecule has 0 radical (unpaired) electrons. The highest BCUT2D eigenvalue weighted by Gasteiger charge is 2.59. The lowest BCUT2D eigenvalue weighted by Gasteiger charge is -2.36. The predicted octanol–water partition coefficient (Wildman–Crippen LogP) is 3.08. The van der Waals surface area contributed by atoms with E-state index in [1.807, 2.05) is 23.1 Å². The van der Waals surface area contributed by atoms with E-state index in [1.54, 1.807) is 6.92 Å². The van der Waals surface area contributed by atoms with Gasteiger partial charge in [-0.3, -0.25) is 14.5 Å². The van der Waals surface area contributed by atoms with Crippen LogP contribution in [0.2, 0.25) is 0 Å². The smallest absolute Gasteiger partial charge is 0.291 e. The van der Waals surface area contributed by atoms with Crippen LogP contribution < -0.4 is 0 Å². The summed E-state index contributed by atoms with van der Waals surface area (Å²) in [5.41, 5.74) is 1.95. The lowest BCUT2D eigenvalue weighted by molar-refractivity contribution is -0.135. The molecule has 1 saturated carbocycles. The fraction of sp³-hybridized carbons (Fsp3) is 0.500. The van der Waals surface area contributed by atoms with E-state index < -0.39 is 0 Å². The summed E-state index contributed by atoms with van der Waals surface area (Å²) >= 11 is 0. The summed E-state index contributed by atoms with van der Waals surface area (Å²) in [5, 5.41) is 0. The van der Waals surface area contributed by atoms with Crippen molar-refractivity contribution >= 4 is 17.9 Å². The maximum Gasteiger partial charge on any atom is 0.291 e. The van der Waals surface area contributed by atoms with Crippen LogP contribution in [0.3, 0.4) is 0 Å². The second-order valence-electron chi connectivity index (χ2n) is 9.62. The molecule has 2 aliphatic heterocycles. The molecule has 1 spiro atoms. The second kappa shape index (κ2) is 9.14. The number of piperidine rings is 1. The summed E-state index contributed by atoms with van der Waals surface area (Å²) in [7, 11) is 0. The molecular formula is C26H32N4O3. The molecule has 2 aromatic rings. The number of carbonyl (C=O) groups is 2. The number of carbonyl (C=O) groups excluding carboxylic acids is 2. The van der Waals surface area contributed by atoms with E-state index in [1.165, 1.54) is 12.0 Å². The average Bonchev–Trinajstić information content (AvgIpc) is 3.37. The Balaban J connectivity index is 1.07. The van der Waals surface area contributed by atoms with Crippen molar-refractivity contribution in [3.8, 4) is 0 Å². The van der Waals surface area contributed by atoms with E-state index in [9.17, 15) is 9.59 Å². The molecule has 7 heteroatoms. The fourth-order valence-corrected chi connectivity index (χ4v) is 5.33. The number of aryl methyl sites for hydroxylation is 1. The van der Waals surface area contributed by atoms with Gasteiger partial charge in [-0.05, 0) is 37.2 Å². The van der Waals surface area contributed by atoms with Crippen LogP contribution in [0.25, 0.3) is 6.08 Å². The molecular weight excluding hydrogens is 416 g/mol. The average molecular weight is 449 g/mol. The highest BCUT2D eigenvalue weighted by molar-refractivity contribution is 5.92. The Labute approximate surface area is 195 Å².